The Hall–Kier alpha value is -1.88. The van der Waals surface area contributed by atoms with Crippen LogP contribution in [0.3, 0.4) is 0 Å². The number of hydrogen-bond acceptors (Lipinski definition) is 3. The van der Waals surface area contributed by atoms with E-state index in [0.29, 0.717) is 0 Å². The van der Waals surface area contributed by atoms with E-state index in [2.05, 4.69) is 5.32 Å². The molecule has 0 saturated heterocycles. The summed E-state index contributed by atoms with van der Waals surface area (Å²) in [6, 6.07) is 7.86. The molecule has 98 valence electrons. The molecule has 1 unspecified atom stereocenters. The lowest BCUT2D eigenvalue weighted by Gasteiger charge is -2.24. The highest BCUT2D eigenvalue weighted by atomic mass is 16.4. The molecule has 0 spiro atoms. The molecule has 0 aliphatic carbocycles. The number of hydrogen-bond donors (Lipinski definition) is 2. The van der Waals surface area contributed by atoms with E-state index in [1.807, 2.05) is 30.3 Å². The van der Waals surface area contributed by atoms with Crippen LogP contribution in [0.5, 0.6) is 0 Å². The molecule has 1 amide bonds. The fraction of sp³-hybridized carbons (Fsp3) is 0.385. The zero-order valence-corrected chi connectivity index (χ0v) is 10.8. The highest BCUT2D eigenvalue weighted by Crippen LogP contribution is 2.18. The first kappa shape index (κ1) is 14.2. The number of nitrogens with one attached hydrogen (secondary N) is 1. The molecule has 2 N–H and O–H groups in total. The minimum atomic E-state index is -1.05. The summed E-state index contributed by atoms with van der Waals surface area (Å²) in [5.41, 5.74) is 0.831. The third kappa shape index (κ3) is 3.56. The molecule has 5 nitrogen and oxygen atoms in total. The molecular weight excluding hydrogens is 232 g/mol. The van der Waals surface area contributed by atoms with Crippen molar-refractivity contribution in [2.75, 3.05) is 14.1 Å². The second-order valence-electron chi connectivity index (χ2n) is 4.35. The average molecular weight is 250 g/mol. The van der Waals surface area contributed by atoms with Crippen LogP contribution in [0.15, 0.2) is 30.3 Å². The molecule has 2 atom stereocenters. The Morgan fingerprint density at radius 1 is 1.22 bits per heavy atom. The van der Waals surface area contributed by atoms with Gasteiger partial charge in [-0.2, -0.15) is 0 Å². The van der Waals surface area contributed by atoms with Crippen LogP contribution in [0.25, 0.3) is 0 Å². The maximum atomic E-state index is 12.1. The molecule has 1 aromatic rings. The first-order valence-corrected chi connectivity index (χ1v) is 5.68. The number of likely N-dealkylation sites (N-methyl/N-ethyl adjacent to an activating group) is 1. The van der Waals surface area contributed by atoms with Crippen molar-refractivity contribution in [1.82, 2.24) is 10.2 Å². The Balaban J connectivity index is 2.87. The molecular formula is C13H18N2O3. The van der Waals surface area contributed by atoms with Gasteiger partial charge in [-0.3, -0.25) is 14.5 Å². The van der Waals surface area contributed by atoms with Crippen LogP contribution in [0, 0.1) is 0 Å². The van der Waals surface area contributed by atoms with Crippen LogP contribution in [0.1, 0.15) is 18.5 Å². The molecule has 18 heavy (non-hydrogen) atoms. The number of carbonyl (C=O) groups excluding carboxylic acids is 1. The van der Waals surface area contributed by atoms with Crippen LogP contribution in [-0.4, -0.2) is 42.0 Å². The number of benzene rings is 1. The number of carboxylic acid groups (broad SMARTS) is 1. The van der Waals surface area contributed by atoms with Crippen LogP contribution in [0.2, 0.25) is 0 Å². The highest BCUT2D eigenvalue weighted by molar-refractivity contribution is 5.87. The number of carboxylic acids is 1. The van der Waals surface area contributed by atoms with Gasteiger partial charge in [0.1, 0.15) is 12.1 Å². The molecule has 0 aliphatic rings. The molecule has 0 saturated carbocycles. The summed E-state index contributed by atoms with van der Waals surface area (Å²) in [7, 11) is 3.56. The Kier molecular flexibility index (Phi) is 4.85. The second-order valence-corrected chi connectivity index (χ2v) is 4.35. The minimum absolute atomic E-state index is 0.318. The lowest BCUT2D eigenvalue weighted by atomic mass is 10.1. The lowest BCUT2D eigenvalue weighted by Crippen LogP contribution is -2.44. The van der Waals surface area contributed by atoms with Crippen LogP contribution < -0.4 is 5.32 Å². The predicted molar refractivity (Wildman–Crippen MR) is 68.1 cm³/mol. The molecule has 5 heteroatoms. The van der Waals surface area contributed by atoms with Crippen molar-refractivity contribution in [3.8, 4) is 0 Å². The first-order chi connectivity index (χ1) is 8.43. The Labute approximate surface area is 106 Å². The number of amides is 1. The summed E-state index contributed by atoms with van der Waals surface area (Å²) >= 11 is 0. The fourth-order valence-electron chi connectivity index (χ4n) is 1.67. The molecule has 1 aromatic carbocycles. The molecule has 0 fully saturated rings. The molecule has 0 heterocycles. The Bertz CT molecular complexity index is 418. The maximum Gasteiger partial charge on any atom is 0.325 e. The summed E-state index contributed by atoms with van der Waals surface area (Å²) in [4.78, 5) is 24.6. The summed E-state index contributed by atoms with van der Waals surface area (Å²) in [6.07, 6.45) is 0. The van der Waals surface area contributed by atoms with Gasteiger partial charge in [-0.1, -0.05) is 30.3 Å². The predicted octanol–water partition coefficient (Wildman–Crippen LogP) is 0.879. The van der Waals surface area contributed by atoms with E-state index >= 15 is 0 Å². The zero-order chi connectivity index (χ0) is 13.7. The molecule has 0 bridgehead atoms. The van der Waals surface area contributed by atoms with E-state index < -0.39 is 18.1 Å². The maximum absolute atomic E-state index is 12.1. The number of carbonyl (C=O) groups is 2. The van der Waals surface area contributed by atoms with Gasteiger partial charge in [0.15, 0.2) is 0 Å². The fourth-order valence-corrected chi connectivity index (χ4v) is 1.67. The van der Waals surface area contributed by atoms with Gasteiger partial charge in [-0.25, -0.2) is 0 Å². The quantitative estimate of drug-likeness (QED) is 0.814. The topological polar surface area (TPSA) is 69.6 Å². The van der Waals surface area contributed by atoms with Crippen molar-refractivity contribution < 1.29 is 14.7 Å². The molecule has 0 radical (unpaired) electrons. The van der Waals surface area contributed by atoms with E-state index in [1.165, 1.54) is 6.92 Å². The summed E-state index contributed by atoms with van der Waals surface area (Å²) in [6.45, 7) is 1.44. The van der Waals surface area contributed by atoms with E-state index in [4.69, 9.17) is 5.11 Å². The van der Waals surface area contributed by atoms with Crippen molar-refractivity contribution in [1.29, 1.82) is 0 Å². The van der Waals surface area contributed by atoms with Gasteiger partial charge in [0.05, 0.1) is 0 Å². The first-order valence-electron chi connectivity index (χ1n) is 5.68. The third-order valence-electron chi connectivity index (χ3n) is 2.61. The van der Waals surface area contributed by atoms with Gasteiger partial charge >= 0.3 is 5.97 Å². The second kappa shape index (κ2) is 6.16. The minimum Gasteiger partial charge on any atom is -0.480 e. The van der Waals surface area contributed by atoms with Gasteiger partial charge in [-0.05, 0) is 26.6 Å². The van der Waals surface area contributed by atoms with E-state index in [0.717, 1.165) is 5.56 Å². The lowest BCUT2D eigenvalue weighted by molar-refractivity contribution is -0.142. The summed E-state index contributed by atoms with van der Waals surface area (Å²) in [5, 5.41) is 11.3. The number of rotatable bonds is 5. The van der Waals surface area contributed by atoms with E-state index in [1.54, 1.807) is 19.0 Å². The molecule has 0 aromatic heterocycles. The summed E-state index contributed by atoms with van der Waals surface area (Å²) in [5.74, 6) is -1.37. The van der Waals surface area contributed by atoms with Crippen molar-refractivity contribution in [3.05, 3.63) is 35.9 Å². The van der Waals surface area contributed by atoms with Gasteiger partial charge in [0.25, 0.3) is 0 Å². The van der Waals surface area contributed by atoms with Crippen LogP contribution in [0.4, 0.5) is 0 Å². The summed E-state index contributed by atoms with van der Waals surface area (Å²) < 4.78 is 0. The van der Waals surface area contributed by atoms with Crippen LogP contribution >= 0.6 is 0 Å². The SMILES string of the molecule is C[C@H](NC(=O)C(c1ccccc1)N(C)C)C(=O)O. The normalized spacial score (nSPS) is 14.0. The number of aliphatic carboxylic acids is 1. The third-order valence-corrected chi connectivity index (χ3v) is 2.61. The van der Waals surface area contributed by atoms with Crippen molar-refractivity contribution in [2.24, 2.45) is 0 Å². The monoisotopic (exact) mass is 250 g/mol. The number of nitrogens with zero attached hydrogens (tertiary/aromatic N) is 1. The average Bonchev–Trinajstić information content (AvgIpc) is 2.29. The Morgan fingerprint density at radius 2 is 1.78 bits per heavy atom. The Morgan fingerprint density at radius 3 is 2.22 bits per heavy atom. The smallest absolute Gasteiger partial charge is 0.325 e. The largest absolute Gasteiger partial charge is 0.480 e. The molecule has 1 rings (SSSR count). The van der Waals surface area contributed by atoms with E-state index in [9.17, 15) is 9.59 Å². The van der Waals surface area contributed by atoms with Gasteiger partial charge in [0, 0.05) is 0 Å². The van der Waals surface area contributed by atoms with Crippen molar-refractivity contribution in [2.45, 2.75) is 19.0 Å². The van der Waals surface area contributed by atoms with Gasteiger partial charge in [-0.15, -0.1) is 0 Å². The molecule has 0 aliphatic heterocycles. The standard InChI is InChI=1S/C13H18N2O3/c1-9(13(17)18)14-12(16)11(15(2)3)10-7-5-4-6-8-10/h4-9,11H,1-3H3,(H,14,16)(H,17,18)/t9-,11?/m0/s1. The van der Waals surface area contributed by atoms with Gasteiger partial charge in [0.2, 0.25) is 5.91 Å². The van der Waals surface area contributed by atoms with Gasteiger partial charge < -0.3 is 10.4 Å². The van der Waals surface area contributed by atoms with Crippen molar-refractivity contribution in [3.63, 3.8) is 0 Å². The van der Waals surface area contributed by atoms with Crippen molar-refractivity contribution >= 4 is 11.9 Å². The van der Waals surface area contributed by atoms with E-state index in [-0.39, 0.29) is 5.91 Å². The highest BCUT2D eigenvalue weighted by Gasteiger charge is 2.25. The zero-order valence-electron chi connectivity index (χ0n) is 10.8. The van der Waals surface area contributed by atoms with Crippen LogP contribution in [-0.2, 0) is 9.59 Å².